The van der Waals surface area contributed by atoms with Crippen LogP contribution in [0, 0.1) is 13.8 Å². The summed E-state index contributed by atoms with van der Waals surface area (Å²) >= 11 is 0. The van der Waals surface area contributed by atoms with Crippen LogP contribution in [0.15, 0.2) is 70.2 Å². The molecule has 0 bridgehead atoms. The smallest absolute Gasteiger partial charge is 0.274 e. The Morgan fingerprint density at radius 2 is 1.58 bits per heavy atom. The summed E-state index contributed by atoms with van der Waals surface area (Å²) in [6, 6.07) is 20.2. The minimum absolute atomic E-state index is 0.278. The van der Waals surface area contributed by atoms with Gasteiger partial charge in [0.2, 0.25) is 0 Å². The number of hydrazone groups is 1. The number of furan rings is 1. The predicted molar refractivity (Wildman–Crippen MR) is 105 cm³/mol. The topological polar surface area (TPSA) is 54.6 Å². The first kappa shape index (κ1) is 16.1. The van der Waals surface area contributed by atoms with Crippen molar-refractivity contribution in [3.05, 3.63) is 83.3 Å². The maximum atomic E-state index is 12.3. The van der Waals surface area contributed by atoms with Crippen LogP contribution in [0.2, 0.25) is 0 Å². The van der Waals surface area contributed by atoms with Crippen molar-refractivity contribution in [1.29, 1.82) is 0 Å². The number of rotatable bonds is 3. The van der Waals surface area contributed by atoms with Gasteiger partial charge in [-0.2, -0.15) is 5.10 Å². The van der Waals surface area contributed by atoms with Crippen molar-refractivity contribution in [2.75, 3.05) is 0 Å². The third-order valence-electron chi connectivity index (χ3n) is 4.46. The Balaban J connectivity index is 1.72. The van der Waals surface area contributed by atoms with E-state index < -0.39 is 0 Å². The fraction of sp³-hybridized carbons (Fsp3) is 0.0909. The summed E-state index contributed by atoms with van der Waals surface area (Å²) in [5, 5.41) is 8.67. The number of nitrogens with one attached hydrogen (secondary N) is 1. The SMILES string of the molecule is Cc1cc(C(=O)N/N=C/c2c3ccccc3cc3ccccc23)c(C)o1. The molecular formula is C22H18N2O2. The molecular weight excluding hydrogens is 324 g/mol. The van der Waals surface area contributed by atoms with Crippen molar-refractivity contribution < 1.29 is 9.21 Å². The molecule has 0 aliphatic carbocycles. The molecule has 0 fully saturated rings. The molecule has 1 aromatic heterocycles. The van der Waals surface area contributed by atoms with E-state index in [4.69, 9.17) is 4.42 Å². The van der Waals surface area contributed by atoms with Crippen LogP contribution in [0.25, 0.3) is 21.5 Å². The van der Waals surface area contributed by atoms with Crippen LogP contribution >= 0.6 is 0 Å². The molecule has 4 heteroatoms. The number of benzene rings is 3. The molecule has 4 rings (SSSR count). The van der Waals surface area contributed by atoms with E-state index in [1.54, 1.807) is 19.2 Å². The number of hydrogen-bond acceptors (Lipinski definition) is 3. The Kier molecular flexibility index (Phi) is 4.01. The van der Waals surface area contributed by atoms with Crippen molar-refractivity contribution in [2.45, 2.75) is 13.8 Å². The summed E-state index contributed by atoms with van der Waals surface area (Å²) < 4.78 is 5.40. The third-order valence-corrected chi connectivity index (χ3v) is 4.46. The normalized spacial score (nSPS) is 11.5. The molecule has 0 aliphatic heterocycles. The van der Waals surface area contributed by atoms with Crippen LogP contribution in [0.3, 0.4) is 0 Å². The number of fused-ring (bicyclic) bond motifs is 2. The van der Waals surface area contributed by atoms with E-state index in [1.807, 2.05) is 31.2 Å². The number of carbonyl (C=O) groups excluding carboxylic acids is 1. The summed E-state index contributed by atoms with van der Waals surface area (Å²) in [6.07, 6.45) is 1.71. The molecule has 0 atom stereocenters. The molecule has 0 saturated heterocycles. The monoisotopic (exact) mass is 342 g/mol. The van der Waals surface area contributed by atoms with Gasteiger partial charge in [-0.25, -0.2) is 5.43 Å². The van der Waals surface area contributed by atoms with E-state index in [0.29, 0.717) is 17.1 Å². The number of carbonyl (C=O) groups is 1. The highest BCUT2D eigenvalue weighted by Gasteiger charge is 2.12. The Morgan fingerprint density at radius 3 is 2.15 bits per heavy atom. The Hall–Kier alpha value is -3.40. The zero-order valence-corrected chi connectivity index (χ0v) is 14.6. The summed E-state index contributed by atoms with van der Waals surface area (Å²) in [5.41, 5.74) is 4.09. The van der Waals surface area contributed by atoms with Gasteiger partial charge >= 0.3 is 0 Å². The third kappa shape index (κ3) is 2.86. The maximum absolute atomic E-state index is 12.3. The number of nitrogens with zero attached hydrogens (tertiary/aromatic N) is 1. The highest BCUT2D eigenvalue weighted by atomic mass is 16.3. The first-order valence-corrected chi connectivity index (χ1v) is 8.44. The molecule has 0 radical (unpaired) electrons. The van der Waals surface area contributed by atoms with E-state index >= 15 is 0 Å². The molecule has 1 N–H and O–H groups in total. The van der Waals surface area contributed by atoms with Crippen molar-refractivity contribution in [1.82, 2.24) is 5.43 Å². The Morgan fingerprint density at radius 1 is 0.962 bits per heavy atom. The lowest BCUT2D eigenvalue weighted by molar-refractivity contribution is 0.0953. The van der Waals surface area contributed by atoms with E-state index in [0.717, 1.165) is 27.1 Å². The lowest BCUT2D eigenvalue weighted by atomic mass is 9.97. The van der Waals surface area contributed by atoms with Gasteiger partial charge in [0.05, 0.1) is 11.8 Å². The van der Waals surface area contributed by atoms with Crippen LogP contribution in [0.5, 0.6) is 0 Å². The molecule has 0 saturated carbocycles. The quantitative estimate of drug-likeness (QED) is 0.325. The average Bonchev–Trinajstić information content (AvgIpc) is 2.99. The number of amides is 1. The van der Waals surface area contributed by atoms with Crippen molar-refractivity contribution in [2.24, 2.45) is 5.10 Å². The highest BCUT2D eigenvalue weighted by molar-refractivity contribution is 6.13. The first-order chi connectivity index (χ1) is 12.6. The molecule has 4 aromatic rings. The van der Waals surface area contributed by atoms with Gasteiger partial charge in [0, 0.05) is 5.56 Å². The van der Waals surface area contributed by atoms with Crippen molar-refractivity contribution in [3.8, 4) is 0 Å². The molecule has 1 heterocycles. The first-order valence-electron chi connectivity index (χ1n) is 8.44. The highest BCUT2D eigenvalue weighted by Crippen LogP contribution is 2.27. The second-order valence-electron chi connectivity index (χ2n) is 6.26. The Labute approximate surface area is 151 Å². The second kappa shape index (κ2) is 6.48. The molecule has 3 aromatic carbocycles. The lowest BCUT2D eigenvalue weighted by Gasteiger charge is -2.07. The summed E-state index contributed by atoms with van der Waals surface area (Å²) in [4.78, 5) is 12.3. The van der Waals surface area contributed by atoms with Gasteiger partial charge < -0.3 is 4.42 Å². The standard InChI is InChI=1S/C22H18N2O2/c1-14-11-20(15(2)26-14)22(25)24-23-13-21-18-9-5-3-7-16(18)12-17-8-4-6-10-19(17)21/h3-13H,1-2H3,(H,24,25)/b23-13+. The van der Waals surface area contributed by atoms with Gasteiger partial charge in [-0.15, -0.1) is 0 Å². The van der Waals surface area contributed by atoms with Crippen LogP contribution in [0.1, 0.15) is 27.4 Å². The van der Waals surface area contributed by atoms with Gasteiger partial charge in [0.15, 0.2) is 0 Å². The van der Waals surface area contributed by atoms with Crippen molar-refractivity contribution >= 4 is 33.7 Å². The van der Waals surface area contributed by atoms with Gasteiger partial charge in [-0.1, -0.05) is 48.5 Å². The molecule has 0 spiro atoms. The molecule has 128 valence electrons. The fourth-order valence-electron chi connectivity index (χ4n) is 3.26. The maximum Gasteiger partial charge on any atom is 0.274 e. The van der Waals surface area contributed by atoms with Gasteiger partial charge in [-0.05, 0) is 47.5 Å². The van der Waals surface area contributed by atoms with Crippen LogP contribution in [-0.4, -0.2) is 12.1 Å². The van der Waals surface area contributed by atoms with E-state index in [2.05, 4.69) is 40.9 Å². The van der Waals surface area contributed by atoms with Crippen molar-refractivity contribution in [3.63, 3.8) is 0 Å². The molecule has 1 amide bonds. The largest absolute Gasteiger partial charge is 0.466 e. The van der Waals surface area contributed by atoms with E-state index in [-0.39, 0.29) is 5.91 Å². The molecule has 0 unspecified atom stereocenters. The molecule has 4 nitrogen and oxygen atoms in total. The van der Waals surface area contributed by atoms with Gasteiger partial charge in [-0.3, -0.25) is 4.79 Å². The second-order valence-corrected chi connectivity index (χ2v) is 6.26. The molecule has 26 heavy (non-hydrogen) atoms. The number of aryl methyl sites for hydroxylation is 2. The van der Waals surface area contributed by atoms with E-state index in [1.165, 1.54) is 0 Å². The fourth-order valence-corrected chi connectivity index (χ4v) is 3.26. The minimum Gasteiger partial charge on any atom is -0.466 e. The van der Waals surface area contributed by atoms with E-state index in [9.17, 15) is 4.79 Å². The zero-order valence-electron chi connectivity index (χ0n) is 14.6. The van der Waals surface area contributed by atoms with Crippen LogP contribution < -0.4 is 5.43 Å². The predicted octanol–water partition coefficient (Wildman–Crippen LogP) is 4.97. The lowest BCUT2D eigenvalue weighted by Crippen LogP contribution is -2.17. The van der Waals surface area contributed by atoms with Gasteiger partial charge in [0.25, 0.3) is 5.91 Å². The van der Waals surface area contributed by atoms with Crippen LogP contribution in [-0.2, 0) is 0 Å². The summed E-state index contributed by atoms with van der Waals surface area (Å²) in [6.45, 7) is 3.58. The molecule has 0 aliphatic rings. The average molecular weight is 342 g/mol. The zero-order chi connectivity index (χ0) is 18.1. The Bertz CT molecular complexity index is 1100. The summed E-state index contributed by atoms with van der Waals surface area (Å²) in [7, 11) is 0. The summed E-state index contributed by atoms with van der Waals surface area (Å²) in [5.74, 6) is 1.02. The number of hydrogen-bond donors (Lipinski definition) is 1. The van der Waals surface area contributed by atoms with Gasteiger partial charge in [0.1, 0.15) is 11.5 Å². The van der Waals surface area contributed by atoms with Crippen LogP contribution in [0.4, 0.5) is 0 Å². The minimum atomic E-state index is -0.278.